The maximum Gasteiger partial charge on any atom is 0.308 e. The van der Waals surface area contributed by atoms with E-state index in [1.807, 2.05) is 98.1 Å². The van der Waals surface area contributed by atoms with Gasteiger partial charge in [-0.25, -0.2) is 0 Å². The molecule has 1 aliphatic rings. The number of fused-ring (bicyclic) bond motifs is 2. The summed E-state index contributed by atoms with van der Waals surface area (Å²) >= 11 is 1.85. The molecule has 10 aromatic rings. The highest BCUT2D eigenvalue weighted by Crippen LogP contribution is 2.35. The van der Waals surface area contributed by atoms with Crippen LogP contribution in [0.15, 0.2) is 242 Å². The number of pyridine rings is 1. The molecule has 5 nitrogen and oxygen atoms in total. The van der Waals surface area contributed by atoms with Crippen molar-refractivity contribution in [3.8, 4) is 17.2 Å². The van der Waals surface area contributed by atoms with Crippen LogP contribution < -0.4 is 14.2 Å². The average molecular weight is 1790 g/mol. The molecule has 1 aliphatic carbocycles. The van der Waals surface area contributed by atoms with Crippen LogP contribution >= 0.6 is 11.3 Å². The van der Waals surface area contributed by atoms with Crippen LogP contribution in [0.4, 0.5) is 0 Å². The number of ether oxygens (including phenoxy) is 3. The van der Waals surface area contributed by atoms with Crippen molar-refractivity contribution in [1.82, 2.24) is 4.98 Å². The number of nitrogens with zero attached hydrogens (tertiary/aromatic N) is 1. The van der Waals surface area contributed by atoms with Crippen molar-refractivity contribution < 1.29 is 19.0 Å². The molecule has 130 heavy (non-hydrogen) atoms. The third-order valence-electron chi connectivity index (χ3n) is 20.8. The number of carbonyl (C=O) groups is 1. The minimum Gasteiger partial charge on any atom is -0.494 e. The summed E-state index contributed by atoms with van der Waals surface area (Å²) < 4.78 is 15.9. The fraction of sp³-hybridized carbons (Fsp3) is 0.548. The second kappa shape index (κ2) is 61.7. The average Bonchev–Trinajstić information content (AvgIpc) is 1.17. The predicted molar refractivity (Wildman–Crippen MR) is 581 cm³/mol. The molecule has 1 fully saturated rings. The molecule has 0 spiro atoms. The molecule has 0 amide bonds. The summed E-state index contributed by atoms with van der Waals surface area (Å²) in [5, 5.41) is 7.56. The lowest BCUT2D eigenvalue weighted by atomic mass is 9.81. The number of rotatable bonds is 20. The number of unbranched alkanes of at least 4 members (excludes halogenated alkanes) is 2. The minimum absolute atomic E-state index is 0.197. The van der Waals surface area contributed by atoms with Gasteiger partial charge in [0.2, 0.25) is 0 Å². The fourth-order valence-corrected chi connectivity index (χ4v) is 14.9. The summed E-state index contributed by atoms with van der Waals surface area (Å²) in [6, 6.07) is 77.7. The van der Waals surface area contributed by atoms with E-state index in [1.165, 1.54) is 158 Å². The number of hydrogen-bond acceptors (Lipinski definition) is 6. The molecule has 2 heterocycles. The number of benzene rings is 8. The lowest BCUT2D eigenvalue weighted by Crippen LogP contribution is -2.11. The molecule has 0 saturated heterocycles. The predicted octanol–water partition coefficient (Wildman–Crippen LogP) is 38.8. The summed E-state index contributed by atoms with van der Waals surface area (Å²) in [6.45, 7) is 76.5. The summed E-state index contributed by atoms with van der Waals surface area (Å²) in [6.07, 6.45) is 33.6. The fourth-order valence-electron chi connectivity index (χ4n) is 13.9. The number of esters is 1. The Bertz CT molecular complexity index is 4430. The zero-order valence-electron chi connectivity index (χ0n) is 89.8. The van der Waals surface area contributed by atoms with Crippen molar-refractivity contribution in [2.45, 2.75) is 370 Å². The van der Waals surface area contributed by atoms with E-state index in [9.17, 15) is 4.79 Å². The molecule has 0 atom stereocenters. The SMILES string of the molecule is CC.CC(C)(C)C/C=C/c1ccccc1.CC(C)(C)CCC1CCCCC1.CC(C)(C)CCOc1ccccc1.CC(C)(C)CCc1ccccc1.CC(C)(C)CCc1ccccn1.CC(C)(C)Cc1ccc2ccccc2c1.CC(C)(C)Cc1cccc2ccccc12.CC(C)(C)Cc1cccs1.CCCCCC(C)(C)C.COc1ccc(CC(C)(C)C)cc1OC(C)=O. The Kier molecular flexibility index (Phi) is 56.9. The van der Waals surface area contributed by atoms with E-state index >= 15 is 0 Å². The van der Waals surface area contributed by atoms with Crippen LogP contribution in [0.3, 0.4) is 0 Å². The Morgan fingerprint density at radius 2 is 0.892 bits per heavy atom. The number of para-hydroxylation sites is 1. The van der Waals surface area contributed by atoms with Gasteiger partial charge in [0, 0.05) is 23.7 Å². The monoisotopic (exact) mass is 1790 g/mol. The van der Waals surface area contributed by atoms with Crippen molar-refractivity contribution >= 4 is 44.9 Å². The molecule has 6 heteroatoms. The zero-order chi connectivity index (χ0) is 98.3. The molecule has 0 radical (unpaired) electrons. The molecule has 8 aromatic carbocycles. The van der Waals surface area contributed by atoms with Crippen molar-refractivity contribution in [2.24, 2.45) is 60.1 Å². The first-order valence-corrected chi connectivity index (χ1v) is 50.5. The summed E-state index contributed by atoms with van der Waals surface area (Å²) in [7, 11) is 1.56. The standard InChI is InChI=1S/2C15H18.C14H20O3.C13H18.C12H18O.C12H24.C12H18.C11H17N.C9H14S.C9H20.C2H6/c1-15(2,3)11-13-9-6-8-12-7-4-5-10-14(12)13;1-15(2,3)11-12-8-9-13-6-4-5-7-14(13)10-12;1-10(15)17-13-8-11(9-14(2,3)4)6-7-12(13)16-5;1-13(2,3)11-7-10-12-8-5-4-6-9-12;1-12(2,3)9-10-13-11-7-5-4-6-8-11;2*1-12(2,3)10-9-11-7-5-4-6-8-11;1-11(2,3)8-7-10-6-4-5-9-12-10;1-9(2,3)7-8-5-4-6-10-8;1-5-6-7-8-9(2,3)4;1-2/h2*4-10H,11H2,1-3H3;6-8H,9H2,1-5H3;4-10H,11H2,1-3H3;4-8H,9-10H2,1-3H3;11H,4-10H2,1-3H3;4-8H,9-10H2,1-3H3;4-6,9H,7-8H2,1-3H3;4-6H,7H2,1-3H3;5-8H2,1-4H3;1-2H3/b;;;10-7+;;;;;;;. The van der Waals surface area contributed by atoms with Gasteiger partial charge in [-0.15, -0.1) is 11.3 Å². The van der Waals surface area contributed by atoms with Crippen LogP contribution in [0.2, 0.25) is 0 Å². The van der Waals surface area contributed by atoms with Gasteiger partial charge >= 0.3 is 5.97 Å². The largest absolute Gasteiger partial charge is 0.494 e. The second-order valence-corrected chi connectivity index (χ2v) is 48.6. The first kappa shape index (κ1) is 120. The van der Waals surface area contributed by atoms with Gasteiger partial charge in [0.25, 0.3) is 0 Å². The van der Waals surface area contributed by atoms with E-state index < -0.39 is 0 Å². The number of aromatic nitrogens is 1. The minimum atomic E-state index is -0.337. The van der Waals surface area contributed by atoms with E-state index in [0.29, 0.717) is 60.2 Å². The van der Waals surface area contributed by atoms with Crippen LogP contribution in [-0.4, -0.2) is 24.7 Å². The quantitative estimate of drug-likeness (QED) is 0.0432. The number of carbonyl (C=O) groups excluding carboxylic acids is 1. The summed E-state index contributed by atoms with van der Waals surface area (Å²) in [5.41, 5.74) is 12.0. The van der Waals surface area contributed by atoms with Crippen LogP contribution in [0.1, 0.15) is 370 Å². The normalized spacial score (nSPS) is 12.5. The van der Waals surface area contributed by atoms with Crippen LogP contribution in [0, 0.1) is 60.1 Å². The van der Waals surface area contributed by atoms with Gasteiger partial charge in [0.1, 0.15) is 5.75 Å². The van der Waals surface area contributed by atoms with Gasteiger partial charge < -0.3 is 14.2 Å². The van der Waals surface area contributed by atoms with E-state index in [1.54, 1.807) is 7.11 Å². The van der Waals surface area contributed by atoms with E-state index in [0.717, 1.165) is 62.4 Å². The third kappa shape index (κ3) is 68.9. The first-order chi connectivity index (χ1) is 60.5. The molecule has 0 bridgehead atoms. The highest BCUT2D eigenvalue weighted by Gasteiger charge is 2.21. The Hall–Kier alpha value is -8.06. The molecular formula is C124H191NO4S. The number of thiophene rings is 1. The van der Waals surface area contributed by atoms with Crippen LogP contribution in [-0.2, 0) is 43.3 Å². The van der Waals surface area contributed by atoms with Gasteiger partial charge in [0.15, 0.2) is 11.5 Å². The lowest BCUT2D eigenvalue weighted by Gasteiger charge is -2.25. The second-order valence-electron chi connectivity index (χ2n) is 47.5. The molecule has 1 saturated carbocycles. The van der Waals surface area contributed by atoms with Crippen molar-refractivity contribution in [3.05, 3.63) is 280 Å². The van der Waals surface area contributed by atoms with Gasteiger partial charge in [0.05, 0.1) is 13.7 Å². The van der Waals surface area contributed by atoms with Crippen molar-refractivity contribution in [1.29, 1.82) is 0 Å². The third-order valence-corrected chi connectivity index (χ3v) is 21.7. The van der Waals surface area contributed by atoms with E-state index in [2.05, 4.69) is 395 Å². The topological polar surface area (TPSA) is 57.6 Å². The molecular weight excluding hydrogens is 1600 g/mol. The summed E-state index contributed by atoms with van der Waals surface area (Å²) in [5.74, 6) is 2.76. The van der Waals surface area contributed by atoms with Crippen LogP contribution in [0.25, 0.3) is 27.6 Å². The maximum atomic E-state index is 11.0. The molecule has 722 valence electrons. The maximum absolute atomic E-state index is 11.0. The van der Waals surface area contributed by atoms with Crippen LogP contribution in [0.5, 0.6) is 17.2 Å². The molecule has 0 N–H and O–H groups in total. The van der Waals surface area contributed by atoms with Gasteiger partial charge in [-0.05, 0) is 241 Å². The zero-order valence-corrected chi connectivity index (χ0v) is 90.6. The van der Waals surface area contributed by atoms with E-state index in [4.69, 9.17) is 14.2 Å². The molecule has 0 aliphatic heterocycles. The molecule has 0 unspecified atom stereocenters. The number of methoxy groups -OCH3 is 1. The van der Waals surface area contributed by atoms with Crippen molar-refractivity contribution in [2.75, 3.05) is 13.7 Å². The number of allylic oxidation sites excluding steroid dienone is 1. The number of hydrogen-bond donors (Lipinski definition) is 0. The highest BCUT2D eigenvalue weighted by atomic mass is 32.1. The summed E-state index contributed by atoms with van der Waals surface area (Å²) in [4.78, 5) is 16.8. The Labute approximate surface area is 805 Å². The molecule has 2 aromatic heterocycles. The van der Waals surface area contributed by atoms with Crippen molar-refractivity contribution in [3.63, 3.8) is 0 Å². The smallest absolute Gasteiger partial charge is 0.308 e. The Balaban J connectivity index is 0.000000724. The van der Waals surface area contributed by atoms with Gasteiger partial charge in [-0.1, -0.05) is 474 Å². The van der Waals surface area contributed by atoms with Gasteiger partial charge in [-0.2, -0.15) is 0 Å². The lowest BCUT2D eigenvalue weighted by molar-refractivity contribution is -0.132. The van der Waals surface area contributed by atoms with E-state index in [-0.39, 0.29) is 11.4 Å². The Morgan fingerprint density at radius 3 is 1.38 bits per heavy atom. The number of aryl methyl sites for hydroxylation is 2. The molecule has 11 rings (SSSR count). The first-order valence-electron chi connectivity index (χ1n) is 49.6. The highest BCUT2D eigenvalue weighted by molar-refractivity contribution is 7.09. The van der Waals surface area contributed by atoms with Gasteiger partial charge in [-0.3, -0.25) is 9.78 Å². The Morgan fingerprint density at radius 1 is 0.408 bits per heavy atom.